The summed E-state index contributed by atoms with van der Waals surface area (Å²) in [6.45, 7) is 0.00240. The number of hydrogen-bond acceptors (Lipinski definition) is 2. The summed E-state index contributed by atoms with van der Waals surface area (Å²) >= 11 is 0. The summed E-state index contributed by atoms with van der Waals surface area (Å²) < 4.78 is 29.0. The smallest absolute Gasteiger partial charge is 0.387 e. The number of aryl methyl sites for hydroxylation is 1. The molecule has 1 fully saturated rings. The van der Waals surface area contributed by atoms with E-state index in [1.807, 2.05) is 12.1 Å². The van der Waals surface area contributed by atoms with E-state index in [9.17, 15) is 8.78 Å². The van der Waals surface area contributed by atoms with Crippen LogP contribution in [0.4, 0.5) is 8.78 Å². The highest BCUT2D eigenvalue weighted by Gasteiger charge is 2.16. The number of piperidine rings is 1. The van der Waals surface area contributed by atoms with Crippen molar-refractivity contribution in [2.45, 2.75) is 38.8 Å². The van der Waals surface area contributed by atoms with E-state index in [0.717, 1.165) is 24.1 Å². The molecule has 1 aliphatic rings. The summed E-state index contributed by atoms with van der Waals surface area (Å²) in [4.78, 5) is 0. The Morgan fingerprint density at radius 2 is 2.18 bits per heavy atom. The fourth-order valence-electron chi connectivity index (χ4n) is 2.19. The Bertz CT molecular complexity index is 376. The maximum absolute atomic E-state index is 12.2. The lowest BCUT2D eigenvalue weighted by atomic mass is 9.96. The Hall–Kier alpha value is -1.16. The largest absolute Gasteiger partial charge is 0.435 e. The molecular formula is C13H17F2NO. The van der Waals surface area contributed by atoms with Gasteiger partial charge in [-0.15, -0.1) is 0 Å². The molecule has 0 spiro atoms. The van der Waals surface area contributed by atoms with Crippen LogP contribution in [-0.2, 0) is 0 Å². The van der Waals surface area contributed by atoms with Crippen LogP contribution < -0.4 is 10.1 Å². The molecule has 1 heterocycles. The SMILES string of the molecule is Cc1ccc(C2CCCCN2)cc1OC(F)F. The number of hydrogen-bond donors (Lipinski definition) is 1. The van der Waals surface area contributed by atoms with E-state index in [1.165, 1.54) is 12.8 Å². The average molecular weight is 241 g/mol. The lowest BCUT2D eigenvalue weighted by Gasteiger charge is -2.24. The van der Waals surface area contributed by atoms with Gasteiger partial charge < -0.3 is 10.1 Å². The highest BCUT2D eigenvalue weighted by molar-refractivity contribution is 5.38. The average Bonchev–Trinajstić information content (AvgIpc) is 2.32. The highest BCUT2D eigenvalue weighted by atomic mass is 19.3. The highest BCUT2D eigenvalue weighted by Crippen LogP contribution is 2.28. The minimum atomic E-state index is -2.76. The van der Waals surface area contributed by atoms with E-state index in [4.69, 9.17) is 0 Å². The lowest BCUT2D eigenvalue weighted by Crippen LogP contribution is -2.26. The van der Waals surface area contributed by atoms with Crippen LogP contribution in [0, 0.1) is 6.92 Å². The van der Waals surface area contributed by atoms with Gasteiger partial charge in [0, 0.05) is 6.04 Å². The first-order valence-electron chi connectivity index (χ1n) is 5.95. The minimum absolute atomic E-state index is 0.268. The Kier molecular flexibility index (Phi) is 3.94. The predicted molar refractivity (Wildman–Crippen MR) is 62.4 cm³/mol. The maximum Gasteiger partial charge on any atom is 0.387 e. The number of rotatable bonds is 3. The number of benzene rings is 1. The third-order valence-electron chi connectivity index (χ3n) is 3.14. The lowest BCUT2D eigenvalue weighted by molar-refractivity contribution is -0.0503. The van der Waals surface area contributed by atoms with Crippen LogP contribution in [0.25, 0.3) is 0 Å². The Morgan fingerprint density at radius 1 is 1.35 bits per heavy atom. The van der Waals surface area contributed by atoms with E-state index >= 15 is 0 Å². The molecule has 0 amide bonds. The van der Waals surface area contributed by atoms with Gasteiger partial charge in [-0.05, 0) is 43.5 Å². The maximum atomic E-state index is 12.2. The molecule has 1 saturated heterocycles. The molecule has 94 valence electrons. The van der Waals surface area contributed by atoms with Gasteiger partial charge in [0.05, 0.1) is 0 Å². The second-order valence-electron chi connectivity index (χ2n) is 4.41. The third kappa shape index (κ3) is 3.16. The van der Waals surface area contributed by atoms with Crippen LogP contribution in [0.1, 0.15) is 36.4 Å². The topological polar surface area (TPSA) is 21.3 Å². The van der Waals surface area contributed by atoms with Gasteiger partial charge in [-0.3, -0.25) is 0 Å². The van der Waals surface area contributed by atoms with Crippen molar-refractivity contribution in [3.63, 3.8) is 0 Å². The second kappa shape index (κ2) is 5.45. The summed E-state index contributed by atoms with van der Waals surface area (Å²) in [5, 5.41) is 3.39. The molecule has 2 nitrogen and oxygen atoms in total. The van der Waals surface area contributed by atoms with Crippen molar-refractivity contribution in [2.75, 3.05) is 6.54 Å². The fraction of sp³-hybridized carbons (Fsp3) is 0.538. The summed E-state index contributed by atoms with van der Waals surface area (Å²) in [5.74, 6) is 0.282. The molecule has 0 aromatic heterocycles. The zero-order chi connectivity index (χ0) is 12.3. The zero-order valence-corrected chi connectivity index (χ0v) is 9.88. The van der Waals surface area contributed by atoms with Gasteiger partial charge in [0.2, 0.25) is 0 Å². The quantitative estimate of drug-likeness (QED) is 0.875. The normalized spacial score (nSPS) is 20.6. The summed E-state index contributed by atoms with van der Waals surface area (Å²) in [6.07, 6.45) is 3.41. The third-order valence-corrected chi connectivity index (χ3v) is 3.14. The molecule has 1 aromatic carbocycles. The molecule has 0 bridgehead atoms. The summed E-state index contributed by atoms with van der Waals surface area (Å²) in [7, 11) is 0. The van der Waals surface area contributed by atoms with Crippen molar-refractivity contribution in [3.8, 4) is 5.75 Å². The van der Waals surface area contributed by atoms with Crippen LogP contribution in [0.5, 0.6) is 5.75 Å². The molecule has 1 aromatic rings. The fourth-order valence-corrected chi connectivity index (χ4v) is 2.19. The van der Waals surface area contributed by atoms with Crippen molar-refractivity contribution < 1.29 is 13.5 Å². The molecule has 0 radical (unpaired) electrons. The Balaban J connectivity index is 2.17. The molecule has 0 saturated carbocycles. The van der Waals surface area contributed by atoms with Crippen LogP contribution in [0.15, 0.2) is 18.2 Å². The molecule has 1 N–H and O–H groups in total. The van der Waals surface area contributed by atoms with Crippen molar-refractivity contribution in [1.29, 1.82) is 0 Å². The van der Waals surface area contributed by atoms with Crippen LogP contribution in [0.2, 0.25) is 0 Å². The minimum Gasteiger partial charge on any atom is -0.435 e. The van der Waals surface area contributed by atoms with E-state index in [2.05, 4.69) is 10.1 Å². The number of ether oxygens (including phenoxy) is 1. The van der Waals surface area contributed by atoms with Crippen LogP contribution >= 0.6 is 0 Å². The number of alkyl halides is 2. The molecule has 2 rings (SSSR count). The van der Waals surface area contributed by atoms with Crippen molar-refractivity contribution in [2.24, 2.45) is 0 Å². The molecule has 4 heteroatoms. The van der Waals surface area contributed by atoms with Crippen molar-refractivity contribution in [3.05, 3.63) is 29.3 Å². The first kappa shape index (κ1) is 12.3. The van der Waals surface area contributed by atoms with Crippen LogP contribution in [0.3, 0.4) is 0 Å². The molecule has 1 atom stereocenters. The van der Waals surface area contributed by atoms with Gasteiger partial charge in [-0.1, -0.05) is 18.6 Å². The van der Waals surface area contributed by atoms with E-state index in [1.54, 1.807) is 13.0 Å². The van der Waals surface area contributed by atoms with E-state index in [0.29, 0.717) is 0 Å². The molecule has 1 unspecified atom stereocenters. The molecule has 17 heavy (non-hydrogen) atoms. The monoisotopic (exact) mass is 241 g/mol. The van der Waals surface area contributed by atoms with Gasteiger partial charge in [0.1, 0.15) is 5.75 Å². The van der Waals surface area contributed by atoms with Crippen molar-refractivity contribution >= 4 is 0 Å². The predicted octanol–water partition coefficient (Wildman–Crippen LogP) is 3.41. The Labute approximate surface area is 100.0 Å². The summed E-state index contributed by atoms with van der Waals surface area (Å²) in [5.41, 5.74) is 1.77. The first-order valence-corrected chi connectivity index (χ1v) is 5.95. The van der Waals surface area contributed by atoms with Gasteiger partial charge in [0.25, 0.3) is 0 Å². The van der Waals surface area contributed by atoms with Crippen LogP contribution in [-0.4, -0.2) is 13.2 Å². The van der Waals surface area contributed by atoms with Gasteiger partial charge in [0.15, 0.2) is 0 Å². The first-order chi connectivity index (χ1) is 8.16. The standard InChI is InChI=1S/C13H17F2NO/c1-9-5-6-10(8-12(9)17-13(14)15)11-4-2-3-7-16-11/h5-6,8,11,13,16H,2-4,7H2,1H3. The molecule has 1 aliphatic heterocycles. The Morgan fingerprint density at radius 3 is 2.82 bits per heavy atom. The summed E-state index contributed by atoms with van der Waals surface area (Å²) in [6, 6.07) is 5.81. The number of nitrogens with one attached hydrogen (secondary N) is 1. The molecular weight excluding hydrogens is 224 g/mol. The van der Waals surface area contributed by atoms with E-state index in [-0.39, 0.29) is 11.8 Å². The zero-order valence-electron chi connectivity index (χ0n) is 9.88. The number of halogens is 2. The second-order valence-corrected chi connectivity index (χ2v) is 4.41. The van der Waals surface area contributed by atoms with Gasteiger partial charge in [-0.2, -0.15) is 8.78 Å². The van der Waals surface area contributed by atoms with Crippen molar-refractivity contribution in [1.82, 2.24) is 5.32 Å². The molecule has 0 aliphatic carbocycles. The van der Waals surface area contributed by atoms with E-state index < -0.39 is 6.61 Å². The van der Waals surface area contributed by atoms with Gasteiger partial charge in [-0.25, -0.2) is 0 Å². The van der Waals surface area contributed by atoms with Gasteiger partial charge >= 0.3 is 6.61 Å².